The van der Waals surface area contributed by atoms with Gasteiger partial charge in [-0.15, -0.1) is 0 Å². The Labute approximate surface area is 128 Å². The van der Waals surface area contributed by atoms with Crippen LogP contribution < -0.4 is 14.8 Å². The van der Waals surface area contributed by atoms with E-state index in [0.29, 0.717) is 11.5 Å². The molecule has 1 N–H and O–H groups in total. The molecule has 0 heterocycles. The number of nitrogens with one attached hydrogen (secondary N) is 1. The summed E-state index contributed by atoms with van der Waals surface area (Å²) in [4.78, 5) is 12.1. The molecule has 4 nitrogen and oxygen atoms in total. The highest BCUT2D eigenvalue weighted by Gasteiger charge is 2.16. The number of anilines is 1. The zero-order valence-corrected chi connectivity index (χ0v) is 12.7. The number of rotatable bonds is 5. The van der Waals surface area contributed by atoms with E-state index in [2.05, 4.69) is 5.32 Å². The second-order valence-corrected chi connectivity index (χ2v) is 4.91. The summed E-state index contributed by atoms with van der Waals surface area (Å²) in [5.41, 5.74) is 1.01. The van der Waals surface area contributed by atoms with Crippen LogP contribution in [0.25, 0.3) is 0 Å². The second kappa shape index (κ2) is 6.93. The summed E-state index contributed by atoms with van der Waals surface area (Å²) in [6, 6.07) is 11.4. The predicted octanol–water partition coefficient (Wildman–Crippen LogP) is 3.55. The Morgan fingerprint density at radius 3 is 2.41 bits per heavy atom. The van der Waals surface area contributed by atoms with Gasteiger partial charge < -0.3 is 14.8 Å². The van der Waals surface area contributed by atoms with Gasteiger partial charge in [-0.3, -0.25) is 4.79 Å². The third-order valence-corrected chi connectivity index (χ3v) is 3.12. The maximum Gasteiger partial charge on any atom is 0.265 e. The lowest BCUT2D eigenvalue weighted by atomic mass is 10.2. The van der Waals surface area contributed by atoms with Gasteiger partial charge >= 0.3 is 0 Å². The highest BCUT2D eigenvalue weighted by atomic mass is 19.1. The molecule has 0 fully saturated rings. The van der Waals surface area contributed by atoms with Crippen LogP contribution in [0, 0.1) is 12.7 Å². The molecular formula is C17H18FNO3. The summed E-state index contributed by atoms with van der Waals surface area (Å²) < 4.78 is 24.2. The van der Waals surface area contributed by atoms with Gasteiger partial charge in [-0.2, -0.15) is 0 Å². The van der Waals surface area contributed by atoms with Gasteiger partial charge in [0, 0.05) is 0 Å². The Morgan fingerprint density at radius 2 is 1.77 bits per heavy atom. The molecule has 0 aliphatic rings. The van der Waals surface area contributed by atoms with Crippen LogP contribution in [0.3, 0.4) is 0 Å². The Kier molecular flexibility index (Phi) is 4.99. The molecule has 0 radical (unpaired) electrons. The second-order valence-electron chi connectivity index (χ2n) is 4.91. The number of aryl methyl sites for hydroxylation is 1. The Hall–Kier alpha value is -2.56. The first kappa shape index (κ1) is 15.8. The van der Waals surface area contributed by atoms with Crippen molar-refractivity contribution in [1.29, 1.82) is 0 Å². The van der Waals surface area contributed by atoms with Gasteiger partial charge in [0.15, 0.2) is 6.10 Å². The monoisotopic (exact) mass is 303 g/mol. The third kappa shape index (κ3) is 3.97. The number of amides is 1. The summed E-state index contributed by atoms with van der Waals surface area (Å²) in [6.45, 7) is 3.43. The first-order chi connectivity index (χ1) is 10.5. The van der Waals surface area contributed by atoms with Crippen LogP contribution in [0.15, 0.2) is 42.5 Å². The van der Waals surface area contributed by atoms with E-state index in [1.165, 1.54) is 6.07 Å². The molecule has 0 saturated carbocycles. The molecule has 22 heavy (non-hydrogen) atoms. The van der Waals surface area contributed by atoms with E-state index in [4.69, 9.17) is 9.47 Å². The smallest absolute Gasteiger partial charge is 0.265 e. The molecule has 5 heteroatoms. The average Bonchev–Trinajstić information content (AvgIpc) is 2.51. The van der Waals surface area contributed by atoms with Crippen molar-refractivity contribution in [2.45, 2.75) is 20.0 Å². The number of carbonyl (C=O) groups is 1. The van der Waals surface area contributed by atoms with E-state index in [9.17, 15) is 9.18 Å². The number of halogens is 1. The first-order valence-electron chi connectivity index (χ1n) is 6.87. The van der Waals surface area contributed by atoms with Crippen LogP contribution in [0.4, 0.5) is 10.1 Å². The molecular weight excluding hydrogens is 285 g/mol. The van der Waals surface area contributed by atoms with Gasteiger partial charge in [0.05, 0.1) is 12.8 Å². The maximum absolute atomic E-state index is 13.6. The van der Waals surface area contributed by atoms with Crippen LogP contribution >= 0.6 is 0 Å². The molecule has 1 atom stereocenters. The highest BCUT2D eigenvalue weighted by Crippen LogP contribution is 2.19. The predicted molar refractivity (Wildman–Crippen MR) is 82.9 cm³/mol. The fraction of sp³-hybridized carbons (Fsp3) is 0.235. The number of methoxy groups -OCH3 is 1. The summed E-state index contributed by atoms with van der Waals surface area (Å²) in [7, 11) is 1.57. The van der Waals surface area contributed by atoms with Gasteiger partial charge in [0.2, 0.25) is 0 Å². The van der Waals surface area contributed by atoms with Crippen molar-refractivity contribution >= 4 is 11.6 Å². The van der Waals surface area contributed by atoms with Crippen molar-refractivity contribution < 1.29 is 18.7 Å². The fourth-order valence-corrected chi connectivity index (χ4v) is 1.88. The zero-order valence-electron chi connectivity index (χ0n) is 12.7. The minimum atomic E-state index is -0.756. The lowest BCUT2D eigenvalue weighted by molar-refractivity contribution is -0.122. The maximum atomic E-state index is 13.6. The average molecular weight is 303 g/mol. The zero-order chi connectivity index (χ0) is 16.1. The van der Waals surface area contributed by atoms with Crippen molar-refractivity contribution in [3.63, 3.8) is 0 Å². The van der Waals surface area contributed by atoms with Crippen LogP contribution in [-0.4, -0.2) is 19.1 Å². The molecule has 0 spiro atoms. The first-order valence-corrected chi connectivity index (χ1v) is 6.87. The molecule has 2 aromatic carbocycles. The standard InChI is InChI=1S/C17H18FNO3/c1-11-4-9-15(18)16(10-11)19-17(20)12(2)22-14-7-5-13(21-3)6-8-14/h4-10,12H,1-3H3,(H,19,20). The van der Waals surface area contributed by atoms with E-state index in [1.54, 1.807) is 50.4 Å². The number of hydrogen-bond donors (Lipinski definition) is 1. The third-order valence-electron chi connectivity index (χ3n) is 3.12. The van der Waals surface area contributed by atoms with Crippen molar-refractivity contribution in [3.8, 4) is 11.5 Å². The normalized spacial score (nSPS) is 11.6. The van der Waals surface area contributed by atoms with E-state index < -0.39 is 17.8 Å². The summed E-state index contributed by atoms with van der Waals surface area (Å²) in [5.74, 6) is 0.343. The molecule has 116 valence electrons. The molecule has 0 bridgehead atoms. The number of ether oxygens (including phenoxy) is 2. The Balaban J connectivity index is 2.00. The quantitative estimate of drug-likeness (QED) is 0.919. The van der Waals surface area contributed by atoms with Crippen LogP contribution in [-0.2, 0) is 4.79 Å². The minimum Gasteiger partial charge on any atom is -0.497 e. The van der Waals surface area contributed by atoms with Gasteiger partial charge in [0.1, 0.15) is 17.3 Å². The van der Waals surface area contributed by atoms with Gasteiger partial charge in [0.25, 0.3) is 5.91 Å². The Bertz CT molecular complexity index is 655. The summed E-state index contributed by atoms with van der Waals surface area (Å²) in [6.07, 6.45) is -0.756. The molecule has 0 aliphatic carbocycles. The number of hydrogen-bond acceptors (Lipinski definition) is 3. The lowest BCUT2D eigenvalue weighted by Crippen LogP contribution is -2.30. The van der Waals surface area contributed by atoms with E-state index >= 15 is 0 Å². The number of carbonyl (C=O) groups excluding carboxylic acids is 1. The molecule has 2 rings (SSSR count). The van der Waals surface area contributed by atoms with Gasteiger partial charge in [-0.25, -0.2) is 4.39 Å². The molecule has 0 aromatic heterocycles. The van der Waals surface area contributed by atoms with Crippen LogP contribution in [0.5, 0.6) is 11.5 Å². The van der Waals surface area contributed by atoms with Gasteiger partial charge in [-0.1, -0.05) is 6.07 Å². The van der Waals surface area contributed by atoms with E-state index in [1.807, 2.05) is 6.92 Å². The van der Waals surface area contributed by atoms with Crippen molar-refractivity contribution in [1.82, 2.24) is 0 Å². The van der Waals surface area contributed by atoms with Crippen LogP contribution in [0.2, 0.25) is 0 Å². The largest absolute Gasteiger partial charge is 0.497 e. The van der Waals surface area contributed by atoms with Crippen LogP contribution in [0.1, 0.15) is 12.5 Å². The van der Waals surface area contributed by atoms with E-state index in [-0.39, 0.29) is 5.69 Å². The molecule has 0 saturated heterocycles. The summed E-state index contributed by atoms with van der Waals surface area (Å²) in [5, 5.41) is 2.53. The molecule has 2 aromatic rings. The van der Waals surface area contributed by atoms with Crippen molar-refractivity contribution in [2.24, 2.45) is 0 Å². The minimum absolute atomic E-state index is 0.148. The lowest BCUT2D eigenvalue weighted by Gasteiger charge is -2.15. The molecule has 1 unspecified atom stereocenters. The highest BCUT2D eigenvalue weighted by molar-refractivity contribution is 5.94. The Morgan fingerprint density at radius 1 is 1.14 bits per heavy atom. The number of benzene rings is 2. The van der Waals surface area contributed by atoms with Gasteiger partial charge in [-0.05, 0) is 55.8 Å². The molecule has 1 amide bonds. The SMILES string of the molecule is COc1ccc(OC(C)C(=O)Nc2cc(C)ccc2F)cc1. The topological polar surface area (TPSA) is 47.6 Å². The van der Waals surface area contributed by atoms with Crippen molar-refractivity contribution in [3.05, 3.63) is 53.8 Å². The molecule has 0 aliphatic heterocycles. The summed E-state index contributed by atoms with van der Waals surface area (Å²) >= 11 is 0. The fourth-order valence-electron chi connectivity index (χ4n) is 1.88. The van der Waals surface area contributed by atoms with Crippen molar-refractivity contribution in [2.75, 3.05) is 12.4 Å². The van der Waals surface area contributed by atoms with E-state index in [0.717, 1.165) is 5.56 Å².